The highest BCUT2D eigenvalue weighted by Gasteiger charge is 2.17. The number of carbonyl (C=O) groups excluding carboxylic acids is 1. The molecule has 4 heteroatoms. The number of benzene rings is 1. The van der Waals surface area contributed by atoms with Crippen LogP contribution in [0.2, 0.25) is 0 Å². The van der Waals surface area contributed by atoms with Crippen molar-refractivity contribution < 1.29 is 9.63 Å². The molecule has 0 saturated heterocycles. The second-order valence-corrected chi connectivity index (χ2v) is 4.12. The zero-order valence-electron chi connectivity index (χ0n) is 11.3. The molecule has 0 aromatic heterocycles. The summed E-state index contributed by atoms with van der Waals surface area (Å²) in [7, 11) is 0. The molecule has 0 spiro atoms. The van der Waals surface area contributed by atoms with Crippen molar-refractivity contribution in [1.82, 2.24) is 10.4 Å². The van der Waals surface area contributed by atoms with Gasteiger partial charge >= 0.3 is 0 Å². The van der Waals surface area contributed by atoms with Crippen molar-refractivity contribution in [1.29, 1.82) is 0 Å². The van der Waals surface area contributed by atoms with E-state index >= 15 is 0 Å². The van der Waals surface area contributed by atoms with E-state index in [1.807, 2.05) is 51.1 Å². The van der Waals surface area contributed by atoms with Crippen LogP contribution < -0.4 is 5.48 Å². The predicted molar refractivity (Wildman–Crippen MR) is 71.8 cm³/mol. The third kappa shape index (κ3) is 4.47. The SMILES string of the molecule is CCN(CC)C(=O)C(C)NOCc1ccccc1. The molecule has 4 nitrogen and oxygen atoms in total. The molecule has 18 heavy (non-hydrogen) atoms. The van der Waals surface area contributed by atoms with Crippen LogP contribution in [-0.2, 0) is 16.2 Å². The largest absolute Gasteiger partial charge is 0.342 e. The molecule has 0 radical (unpaired) electrons. The maximum Gasteiger partial charge on any atom is 0.241 e. The minimum atomic E-state index is -0.325. The number of hydroxylamine groups is 1. The quantitative estimate of drug-likeness (QED) is 0.752. The van der Waals surface area contributed by atoms with E-state index in [4.69, 9.17) is 4.84 Å². The third-order valence-electron chi connectivity index (χ3n) is 2.79. The van der Waals surface area contributed by atoms with Crippen LogP contribution >= 0.6 is 0 Å². The standard InChI is InChI=1S/C14H22N2O2/c1-4-16(5-2)14(17)12(3)15-18-11-13-9-7-6-8-10-13/h6-10,12,15H,4-5,11H2,1-3H3. The Balaban J connectivity index is 2.33. The summed E-state index contributed by atoms with van der Waals surface area (Å²) in [4.78, 5) is 19.1. The Bertz CT molecular complexity index is 350. The van der Waals surface area contributed by atoms with Crippen LogP contribution in [0.1, 0.15) is 26.3 Å². The molecule has 0 saturated carbocycles. The summed E-state index contributed by atoms with van der Waals surface area (Å²) in [6.45, 7) is 7.65. The molecule has 0 aliphatic carbocycles. The van der Waals surface area contributed by atoms with Gasteiger partial charge in [-0.3, -0.25) is 9.63 Å². The Hall–Kier alpha value is -1.39. The van der Waals surface area contributed by atoms with Crippen LogP contribution in [0.4, 0.5) is 0 Å². The molecule has 1 N–H and O–H groups in total. The van der Waals surface area contributed by atoms with E-state index in [0.29, 0.717) is 6.61 Å². The molecule has 0 aliphatic heterocycles. The van der Waals surface area contributed by atoms with Crippen LogP contribution in [0.25, 0.3) is 0 Å². The van der Waals surface area contributed by atoms with E-state index in [9.17, 15) is 4.79 Å². The van der Waals surface area contributed by atoms with Crippen LogP contribution in [0.15, 0.2) is 30.3 Å². The highest BCUT2D eigenvalue weighted by molar-refractivity contribution is 5.81. The van der Waals surface area contributed by atoms with Crippen molar-refractivity contribution in [2.45, 2.75) is 33.4 Å². The minimum Gasteiger partial charge on any atom is -0.342 e. The Morgan fingerprint density at radius 2 is 1.89 bits per heavy atom. The highest BCUT2D eigenvalue weighted by atomic mass is 16.6. The first-order valence-electron chi connectivity index (χ1n) is 6.39. The van der Waals surface area contributed by atoms with E-state index in [-0.39, 0.29) is 11.9 Å². The summed E-state index contributed by atoms with van der Waals surface area (Å²) < 4.78 is 0. The molecule has 1 unspecified atom stereocenters. The maximum atomic E-state index is 11.9. The normalized spacial score (nSPS) is 12.2. The number of hydrogen-bond donors (Lipinski definition) is 1. The Morgan fingerprint density at radius 3 is 2.44 bits per heavy atom. The van der Waals surface area contributed by atoms with Crippen molar-refractivity contribution in [3.63, 3.8) is 0 Å². The van der Waals surface area contributed by atoms with Gasteiger partial charge in [0.1, 0.15) is 6.04 Å². The van der Waals surface area contributed by atoms with Gasteiger partial charge in [0.05, 0.1) is 6.61 Å². The molecule has 0 heterocycles. The first-order valence-corrected chi connectivity index (χ1v) is 6.39. The van der Waals surface area contributed by atoms with Crippen LogP contribution in [0, 0.1) is 0 Å². The van der Waals surface area contributed by atoms with Gasteiger partial charge in [-0.15, -0.1) is 0 Å². The van der Waals surface area contributed by atoms with Crippen molar-refractivity contribution in [2.75, 3.05) is 13.1 Å². The lowest BCUT2D eigenvalue weighted by Gasteiger charge is -2.23. The number of rotatable bonds is 7. The molecule has 1 atom stereocenters. The molecule has 0 aliphatic rings. The minimum absolute atomic E-state index is 0.0630. The lowest BCUT2D eigenvalue weighted by molar-refractivity contribution is -0.137. The van der Waals surface area contributed by atoms with Crippen LogP contribution in [0.3, 0.4) is 0 Å². The molecule has 1 amide bonds. The van der Waals surface area contributed by atoms with Gasteiger partial charge in [-0.2, -0.15) is 5.48 Å². The topological polar surface area (TPSA) is 41.6 Å². The second kappa shape index (κ2) is 7.84. The zero-order valence-corrected chi connectivity index (χ0v) is 11.3. The van der Waals surface area contributed by atoms with Gasteiger partial charge in [0.15, 0.2) is 0 Å². The first kappa shape index (κ1) is 14.7. The van der Waals surface area contributed by atoms with Crippen molar-refractivity contribution in [2.24, 2.45) is 0 Å². The van der Waals surface area contributed by atoms with E-state index < -0.39 is 0 Å². The predicted octanol–water partition coefficient (Wildman–Crippen LogP) is 1.96. The van der Waals surface area contributed by atoms with E-state index in [2.05, 4.69) is 5.48 Å². The summed E-state index contributed by atoms with van der Waals surface area (Å²) in [6, 6.07) is 9.53. The van der Waals surface area contributed by atoms with Gasteiger partial charge in [-0.25, -0.2) is 0 Å². The molecular weight excluding hydrogens is 228 g/mol. The summed E-state index contributed by atoms with van der Waals surface area (Å²) in [6.07, 6.45) is 0. The molecular formula is C14H22N2O2. The fraction of sp³-hybridized carbons (Fsp3) is 0.500. The number of carbonyl (C=O) groups is 1. The maximum absolute atomic E-state index is 11.9. The number of nitrogens with zero attached hydrogens (tertiary/aromatic N) is 1. The molecule has 1 rings (SSSR count). The van der Waals surface area contributed by atoms with Gasteiger partial charge in [-0.1, -0.05) is 30.3 Å². The van der Waals surface area contributed by atoms with Gasteiger partial charge in [-0.05, 0) is 26.3 Å². The second-order valence-electron chi connectivity index (χ2n) is 4.12. The lowest BCUT2D eigenvalue weighted by atomic mass is 10.2. The average molecular weight is 250 g/mol. The van der Waals surface area contributed by atoms with Crippen LogP contribution in [0.5, 0.6) is 0 Å². The number of amides is 1. The van der Waals surface area contributed by atoms with Crippen LogP contribution in [-0.4, -0.2) is 29.9 Å². The summed E-state index contributed by atoms with van der Waals surface area (Å²) in [5, 5.41) is 0. The van der Waals surface area contributed by atoms with E-state index in [1.165, 1.54) is 0 Å². The van der Waals surface area contributed by atoms with Gasteiger partial charge in [0.2, 0.25) is 5.91 Å². The van der Waals surface area contributed by atoms with Gasteiger partial charge < -0.3 is 4.90 Å². The number of hydrogen-bond acceptors (Lipinski definition) is 3. The molecule has 1 aromatic rings. The number of nitrogens with one attached hydrogen (secondary N) is 1. The monoisotopic (exact) mass is 250 g/mol. The molecule has 100 valence electrons. The van der Waals surface area contributed by atoms with Gasteiger partial charge in [0, 0.05) is 13.1 Å². The third-order valence-corrected chi connectivity index (χ3v) is 2.79. The Labute approximate surface area is 109 Å². The zero-order chi connectivity index (χ0) is 13.4. The fourth-order valence-corrected chi connectivity index (χ4v) is 1.68. The summed E-state index contributed by atoms with van der Waals surface area (Å²) >= 11 is 0. The first-order chi connectivity index (χ1) is 8.69. The van der Waals surface area contributed by atoms with Crippen molar-refractivity contribution in [3.8, 4) is 0 Å². The molecule has 0 fully saturated rings. The molecule has 0 bridgehead atoms. The smallest absolute Gasteiger partial charge is 0.241 e. The fourth-order valence-electron chi connectivity index (χ4n) is 1.68. The van der Waals surface area contributed by atoms with E-state index in [0.717, 1.165) is 18.7 Å². The van der Waals surface area contributed by atoms with E-state index in [1.54, 1.807) is 4.90 Å². The van der Waals surface area contributed by atoms with Gasteiger partial charge in [0.25, 0.3) is 0 Å². The Morgan fingerprint density at radius 1 is 1.28 bits per heavy atom. The summed E-state index contributed by atoms with van der Waals surface area (Å²) in [5.74, 6) is 0.0630. The number of likely N-dealkylation sites (N-methyl/N-ethyl adjacent to an activating group) is 1. The van der Waals surface area contributed by atoms with Crippen molar-refractivity contribution >= 4 is 5.91 Å². The highest BCUT2D eigenvalue weighted by Crippen LogP contribution is 2.00. The lowest BCUT2D eigenvalue weighted by Crippen LogP contribution is -2.44. The average Bonchev–Trinajstić information content (AvgIpc) is 2.41. The molecule has 1 aromatic carbocycles. The van der Waals surface area contributed by atoms with Crippen molar-refractivity contribution in [3.05, 3.63) is 35.9 Å². The summed E-state index contributed by atoms with van der Waals surface area (Å²) in [5.41, 5.74) is 3.87. The Kier molecular flexibility index (Phi) is 6.39.